The summed E-state index contributed by atoms with van der Waals surface area (Å²) in [6, 6.07) is 40.6. The van der Waals surface area contributed by atoms with Gasteiger partial charge in [0.05, 0.1) is 11.4 Å². The Labute approximate surface area is 245 Å². The minimum Gasteiger partial charge on any atom is -0.290 e. The van der Waals surface area contributed by atoms with Crippen LogP contribution in [0.15, 0.2) is 134 Å². The molecule has 0 atom stereocenters. The molecule has 0 aliphatic carbocycles. The van der Waals surface area contributed by atoms with Crippen molar-refractivity contribution in [2.75, 3.05) is 0 Å². The van der Waals surface area contributed by atoms with Crippen LogP contribution in [0.4, 0.5) is 0 Å². The molecule has 0 radical (unpaired) electrons. The average Bonchev–Trinajstić information content (AvgIpc) is 3.60. The highest BCUT2D eigenvalue weighted by Gasteiger charge is 2.19. The molecule has 0 spiro atoms. The number of rotatable bonds is 3. The SMILES string of the molecule is c1cc(-c2ccncc2)nc(-c2c3ccccc3c(-c3ccc4nc5c6ccccc6sc5n4c3)c3ccccc23)c1. The van der Waals surface area contributed by atoms with Crippen molar-refractivity contribution < 1.29 is 0 Å². The number of thiophene rings is 1. The lowest BCUT2D eigenvalue weighted by molar-refractivity contribution is 1.24. The van der Waals surface area contributed by atoms with Gasteiger partial charge in [-0.1, -0.05) is 72.8 Å². The van der Waals surface area contributed by atoms with E-state index >= 15 is 0 Å². The number of fused-ring (bicyclic) bond motifs is 7. The van der Waals surface area contributed by atoms with E-state index < -0.39 is 0 Å². The van der Waals surface area contributed by atoms with Crippen LogP contribution in [0.3, 0.4) is 0 Å². The van der Waals surface area contributed by atoms with E-state index in [1.165, 1.54) is 42.0 Å². The molecule has 196 valence electrons. The summed E-state index contributed by atoms with van der Waals surface area (Å²) >= 11 is 1.80. The monoisotopic (exact) mass is 554 g/mol. The molecular weight excluding hydrogens is 533 g/mol. The largest absolute Gasteiger partial charge is 0.290 e. The van der Waals surface area contributed by atoms with Crippen LogP contribution in [0, 0.1) is 0 Å². The molecule has 42 heavy (non-hydrogen) atoms. The third-order valence-electron chi connectivity index (χ3n) is 8.12. The molecule has 0 fully saturated rings. The number of aromatic nitrogens is 4. The summed E-state index contributed by atoms with van der Waals surface area (Å²) in [6.07, 6.45) is 5.89. The standard InChI is InChI=1S/C37H22N4S/c1-3-10-27-25(8-1)34(24-16-17-33-40-36-29-12-5-6-15-32(29)42-37(36)41(33)22-24)26-9-2-4-11-28(26)35(27)31-14-7-13-30(39-31)23-18-20-38-21-19-23/h1-22H. The number of hydrogen-bond acceptors (Lipinski definition) is 4. The lowest BCUT2D eigenvalue weighted by atomic mass is 9.87. The van der Waals surface area contributed by atoms with Crippen LogP contribution in [-0.4, -0.2) is 19.4 Å². The van der Waals surface area contributed by atoms with Gasteiger partial charge >= 0.3 is 0 Å². The van der Waals surface area contributed by atoms with E-state index in [1.807, 2.05) is 24.5 Å². The number of imidazole rings is 1. The fourth-order valence-electron chi connectivity index (χ4n) is 6.27. The predicted molar refractivity (Wildman–Crippen MR) is 175 cm³/mol. The third-order valence-corrected chi connectivity index (χ3v) is 9.28. The van der Waals surface area contributed by atoms with Gasteiger partial charge in [0.1, 0.15) is 16.0 Å². The van der Waals surface area contributed by atoms with Crippen molar-refractivity contribution in [2.45, 2.75) is 0 Å². The maximum Gasteiger partial charge on any atom is 0.138 e. The number of benzene rings is 4. The van der Waals surface area contributed by atoms with Crippen molar-refractivity contribution >= 4 is 59.0 Å². The van der Waals surface area contributed by atoms with Gasteiger partial charge in [-0.25, -0.2) is 9.97 Å². The van der Waals surface area contributed by atoms with Crippen LogP contribution in [-0.2, 0) is 0 Å². The highest BCUT2D eigenvalue weighted by molar-refractivity contribution is 7.25. The van der Waals surface area contributed by atoms with Gasteiger partial charge in [-0.3, -0.25) is 9.38 Å². The van der Waals surface area contributed by atoms with Crippen molar-refractivity contribution in [3.05, 3.63) is 134 Å². The summed E-state index contributed by atoms with van der Waals surface area (Å²) in [4.78, 5) is 15.5. The number of nitrogens with zero attached hydrogens (tertiary/aromatic N) is 4. The molecule has 4 aromatic carbocycles. The Morgan fingerprint density at radius 3 is 1.88 bits per heavy atom. The van der Waals surface area contributed by atoms with Crippen molar-refractivity contribution in [1.29, 1.82) is 0 Å². The molecule has 9 rings (SSSR count). The molecule has 0 N–H and O–H groups in total. The van der Waals surface area contributed by atoms with Crippen molar-refractivity contribution in [3.8, 4) is 33.6 Å². The Kier molecular flexibility index (Phi) is 5.03. The first-order valence-corrected chi connectivity index (χ1v) is 14.8. The first kappa shape index (κ1) is 23.3. The first-order chi connectivity index (χ1) is 20.8. The Hall–Kier alpha value is -5.39. The zero-order chi connectivity index (χ0) is 27.6. The van der Waals surface area contributed by atoms with Crippen LogP contribution in [0.2, 0.25) is 0 Å². The van der Waals surface area contributed by atoms with E-state index in [2.05, 4.69) is 119 Å². The second kappa shape index (κ2) is 9.06. The highest BCUT2D eigenvalue weighted by Crippen LogP contribution is 2.44. The molecule has 0 saturated heterocycles. The van der Waals surface area contributed by atoms with Gasteiger partial charge in [0, 0.05) is 39.8 Å². The van der Waals surface area contributed by atoms with Crippen LogP contribution >= 0.6 is 11.3 Å². The Morgan fingerprint density at radius 1 is 0.500 bits per heavy atom. The van der Waals surface area contributed by atoms with Gasteiger partial charge in [-0.05, 0) is 75.1 Å². The van der Waals surface area contributed by atoms with E-state index in [1.54, 1.807) is 11.3 Å². The first-order valence-electron chi connectivity index (χ1n) is 13.9. The zero-order valence-corrected chi connectivity index (χ0v) is 23.2. The topological polar surface area (TPSA) is 43.1 Å². The summed E-state index contributed by atoms with van der Waals surface area (Å²) in [5.74, 6) is 0. The molecule has 0 aliphatic rings. The van der Waals surface area contributed by atoms with E-state index in [9.17, 15) is 0 Å². The third kappa shape index (κ3) is 3.44. The molecule has 0 aliphatic heterocycles. The summed E-state index contributed by atoms with van der Waals surface area (Å²) in [5.41, 5.74) is 8.52. The zero-order valence-electron chi connectivity index (χ0n) is 22.4. The minimum atomic E-state index is 0.935. The van der Waals surface area contributed by atoms with Crippen molar-refractivity contribution in [2.24, 2.45) is 0 Å². The molecule has 4 nitrogen and oxygen atoms in total. The highest BCUT2D eigenvalue weighted by atomic mass is 32.1. The quantitative estimate of drug-likeness (QED) is 0.204. The predicted octanol–water partition coefficient (Wildman–Crippen LogP) is 9.80. The van der Waals surface area contributed by atoms with Gasteiger partial charge in [0.2, 0.25) is 0 Å². The maximum absolute atomic E-state index is 5.17. The average molecular weight is 555 g/mol. The Balaban J connectivity index is 1.33. The molecule has 9 aromatic rings. The van der Waals surface area contributed by atoms with Crippen LogP contribution in [0.25, 0.3) is 81.3 Å². The Bertz CT molecular complexity index is 2420. The molecule has 0 bridgehead atoms. The smallest absolute Gasteiger partial charge is 0.138 e. The van der Waals surface area contributed by atoms with E-state index in [0.717, 1.165) is 39.2 Å². The molecular formula is C37H22N4S. The molecule has 0 saturated carbocycles. The second-order valence-electron chi connectivity index (χ2n) is 10.5. The molecule has 5 aromatic heterocycles. The second-order valence-corrected chi connectivity index (χ2v) is 11.5. The molecule has 5 heterocycles. The van der Waals surface area contributed by atoms with Crippen molar-refractivity contribution in [3.63, 3.8) is 0 Å². The van der Waals surface area contributed by atoms with Gasteiger partial charge in [0.15, 0.2) is 0 Å². The van der Waals surface area contributed by atoms with Crippen molar-refractivity contribution in [1.82, 2.24) is 19.4 Å². The fraction of sp³-hybridized carbons (Fsp3) is 0. The summed E-state index contributed by atoms with van der Waals surface area (Å²) < 4.78 is 3.52. The lowest BCUT2D eigenvalue weighted by Crippen LogP contribution is -1.94. The lowest BCUT2D eigenvalue weighted by Gasteiger charge is -2.17. The van der Waals surface area contributed by atoms with Gasteiger partial charge < -0.3 is 0 Å². The maximum atomic E-state index is 5.17. The fourth-order valence-corrected chi connectivity index (χ4v) is 7.40. The van der Waals surface area contributed by atoms with Gasteiger partial charge in [0.25, 0.3) is 0 Å². The Morgan fingerprint density at radius 2 is 1.14 bits per heavy atom. The van der Waals surface area contributed by atoms with Crippen LogP contribution < -0.4 is 0 Å². The van der Waals surface area contributed by atoms with Gasteiger partial charge in [-0.15, -0.1) is 11.3 Å². The number of hydrogen-bond donors (Lipinski definition) is 0. The summed E-state index contributed by atoms with van der Waals surface area (Å²) in [5, 5.41) is 5.99. The molecule has 5 heteroatoms. The van der Waals surface area contributed by atoms with Gasteiger partial charge in [-0.2, -0.15) is 0 Å². The molecule has 0 amide bonds. The van der Waals surface area contributed by atoms with E-state index in [-0.39, 0.29) is 0 Å². The normalized spacial score (nSPS) is 11.8. The van der Waals surface area contributed by atoms with E-state index in [0.29, 0.717) is 0 Å². The van der Waals surface area contributed by atoms with E-state index in [4.69, 9.17) is 9.97 Å². The molecule has 0 unspecified atom stereocenters. The minimum absolute atomic E-state index is 0.935. The summed E-state index contributed by atoms with van der Waals surface area (Å²) in [7, 11) is 0. The van der Waals surface area contributed by atoms with Crippen LogP contribution in [0.5, 0.6) is 0 Å². The number of pyridine rings is 3. The summed E-state index contributed by atoms with van der Waals surface area (Å²) in [6.45, 7) is 0. The van der Waals surface area contributed by atoms with Crippen LogP contribution in [0.1, 0.15) is 0 Å².